The average molecular weight is 533 g/mol. The number of hydrogen-bond donors (Lipinski definition) is 3. The third kappa shape index (κ3) is 8.19. The van der Waals surface area contributed by atoms with Gasteiger partial charge in [0.1, 0.15) is 5.82 Å². The van der Waals surface area contributed by atoms with Gasteiger partial charge in [-0.2, -0.15) is 0 Å². The molecule has 2 fully saturated rings. The van der Waals surface area contributed by atoms with Gasteiger partial charge in [0.05, 0.1) is 6.10 Å². The number of benzene rings is 1. The van der Waals surface area contributed by atoms with Crippen molar-refractivity contribution in [1.82, 2.24) is 15.5 Å². The number of nitrogens with one attached hydrogen (secondary N) is 2. The van der Waals surface area contributed by atoms with E-state index in [4.69, 9.17) is 4.99 Å². The third-order valence-corrected chi connectivity index (χ3v) is 5.74. The van der Waals surface area contributed by atoms with E-state index in [0.29, 0.717) is 6.04 Å². The molecule has 0 amide bonds. The number of halogens is 2. The van der Waals surface area contributed by atoms with Gasteiger partial charge in [-0.15, -0.1) is 24.0 Å². The zero-order valence-corrected chi connectivity index (χ0v) is 20.4. The highest BCUT2D eigenvalue weighted by Gasteiger charge is 2.21. The molecule has 0 aromatic heterocycles. The van der Waals surface area contributed by atoms with Crippen LogP contribution < -0.4 is 15.5 Å². The van der Waals surface area contributed by atoms with Gasteiger partial charge in [0.2, 0.25) is 0 Å². The Morgan fingerprint density at radius 1 is 1.23 bits per heavy atom. The Bertz CT molecular complexity index is 654. The molecule has 0 bridgehead atoms. The Morgan fingerprint density at radius 2 is 2.03 bits per heavy atom. The summed E-state index contributed by atoms with van der Waals surface area (Å²) in [4.78, 5) is 9.42. The minimum atomic E-state index is -0.185. The standard InChI is InChI=1S/C22H36FN5O.HI/c1-2-24-22(25-11-5-12-27-14-9-21(29)10-15-27)26-19-7-4-13-28(17-19)20-8-3-6-18(23)16-20;/h3,6,8,16,19,21,29H,2,4-5,7,9-15,17H2,1H3,(H2,24,25,26);1H. The lowest BCUT2D eigenvalue weighted by Crippen LogP contribution is -2.51. The number of aliphatic hydroxyl groups is 1. The van der Waals surface area contributed by atoms with E-state index in [9.17, 15) is 9.50 Å². The minimum Gasteiger partial charge on any atom is -0.393 e. The second-order valence-electron chi connectivity index (χ2n) is 8.10. The number of nitrogens with zero attached hydrogens (tertiary/aromatic N) is 3. The summed E-state index contributed by atoms with van der Waals surface area (Å²) in [6.45, 7) is 8.51. The molecular weight excluding hydrogens is 496 g/mol. The smallest absolute Gasteiger partial charge is 0.191 e. The Morgan fingerprint density at radius 3 is 2.77 bits per heavy atom. The van der Waals surface area contributed by atoms with Crippen LogP contribution in [0.5, 0.6) is 0 Å². The molecular formula is C22H37FIN5O. The molecule has 2 aliphatic rings. The fraction of sp³-hybridized carbons (Fsp3) is 0.682. The molecule has 8 heteroatoms. The van der Waals surface area contributed by atoms with E-state index in [0.717, 1.165) is 89.6 Å². The topological polar surface area (TPSA) is 63.1 Å². The average Bonchev–Trinajstić information content (AvgIpc) is 2.73. The predicted molar refractivity (Wildman–Crippen MR) is 132 cm³/mol. The molecule has 6 nitrogen and oxygen atoms in total. The van der Waals surface area contributed by atoms with Gasteiger partial charge in [0, 0.05) is 51.0 Å². The second kappa shape index (κ2) is 13.3. The van der Waals surface area contributed by atoms with Gasteiger partial charge in [0.15, 0.2) is 5.96 Å². The van der Waals surface area contributed by atoms with Crippen LogP contribution in [0.3, 0.4) is 0 Å². The highest BCUT2D eigenvalue weighted by molar-refractivity contribution is 14.0. The van der Waals surface area contributed by atoms with Gasteiger partial charge >= 0.3 is 0 Å². The van der Waals surface area contributed by atoms with Crippen LogP contribution in [0.4, 0.5) is 10.1 Å². The van der Waals surface area contributed by atoms with Crippen molar-refractivity contribution >= 4 is 35.6 Å². The fourth-order valence-corrected chi connectivity index (χ4v) is 4.14. The summed E-state index contributed by atoms with van der Waals surface area (Å²) in [5.41, 5.74) is 0.949. The summed E-state index contributed by atoms with van der Waals surface area (Å²) in [6.07, 6.45) is 4.85. The second-order valence-corrected chi connectivity index (χ2v) is 8.10. The molecule has 0 spiro atoms. The Kier molecular flexibility index (Phi) is 11.2. The lowest BCUT2D eigenvalue weighted by molar-refractivity contribution is 0.0824. The minimum absolute atomic E-state index is 0. The molecule has 3 rings (SSSR count). The lowest BCUT2D eigenvalue weighted by Gasteiger charge is -2.35. The van der Waals surface area contributed by atoms with E-state index in [1.165, 1.54) is 6.07 Å². The Hall–Kier alpha value is -1.13. The van der Waals surface area contributed by atoms with Crippen molar-refractivity contribution in [3.8, 4) is 0 Å². The van der Waals surface area contributed by atoms with E-state index in [-0.39, 0.29) is 35.9 Å². The first-order valence-electron chi connectivity index (χ1n) is 11.1. The van der Waals surface area contributed by atoms with Crippen LogP contribution in [0, 0.1) is 5.82 Å². The molecule has 1 unspecified atom stereocenters. The van der Waals surface area contributed by atoms with Crippen molar-refractivity contribution in [3.05, 3.63) is 30.1 Å². The van der Waals surface area contributed by atoms with Gasteiger partial charge in [-0.1, -0.05) is 6.07 Å². The van der Waals surface area contributed by atoms with Crippen LogP contribution in [0.15, 0.2) is 29.3 Å². The Labute approximate surface area is 197 Å². The molecule has 0 radical (unpaired) electrons. The molecule has 0 saturated carbocycles. The van der Waals surface area contributed by atoms with E-state index < -0.39 is 0 Å². The fourth-order valence-electron chi connectivity index (χ4n) is 4.14. The summed E-state index contributed by atoms with van der Waals surface area (Å²) in [5, 5.41) is 16.5. The SMILES string of the molecule is CCNC(=NCCCN1CCC(O)CC1)NC1CCCN(c2cccc(F)c2)C1.I. The summed E-state index contributed by atoms with van der Waals surface area (Å²) in [6, 6.07) is 7.15. The van der Waals surface area contributed by atoms with Crippen molar-refractivity contribution in [1.29, 1.82) is 0 Å². The number of aliphatic imine (C=N–C) groups is 1. The first-order chi connectivity index (χ1) is 14.1. The summed E-state index contributed by atoms with van der Waals surface area (Å²) in [7, 11) is 0. The number of guanidine groups is 1. The molecule has 2 heterocycles. The van der Waals surface area contributed by atoms with E-state index in [1.54, 1.807) is 12.1 Å². The van der Waals surface area contributed by atoms with Crippen molar-refractivity contribution in [2.24, 2.45) is 4.99 Å². The predicted octanol–water partition coefficient (Wildman–Crippen LogP) is 2.81. The lowest BCUT2D eigenvalue weighted by atomic mass is 10.0. The van der Waals surface area contributed by atoms with Gasteiger partial charge in [-0.3, -0.25) is 4.99 Å². The molecule has 1 aromatic rings. The molecule has 0 aliphatic carbocycles. The first-order valence-corrected chi connectivity index (χ1v) is 11.1. The van der Waals surface area contributed by atoms with Crippen LogP contribution >= 0.6 is 24.0 Å². The number of likely N-dealkylation sites (tertiary alicyclic amines) is 1. The molecule has 170 valence electrons. The molecule has 2 saturated heterocycles. The molecule has 2 aliphatic heterocycles. The van der Waals surface area contributed by atoms with Gasteiger partial charge < -0.3 is 25.5 Å². The van der Waals surface area contributed by atoms with Crippen molar-refractivity contribution in [2.75, 3.05) is 50.7 Å². The van der Waals surface area contributed by atoms with Crippen molar-refractivity contribution < 1.29 is 9.50 Å². The van der Waals surface area contributed by atoms with Gasteiger partial charge in [-0.25, -0.2) is 4.39 Å². The van der Waals surface area contributed by atoms with Crippen LogP contribution in [0.25, 0.3) is 0 Å². The summed E-state index contributed by atoms with van der Waals surface area (Å²) >= 11 is 0. The van der Waals surface area contributed by atoms with Crippen LogP contribution in [0.2, 0.25) is 0 Å². The largest absolute Gasteiger partial charge is 0.393 e. The van der Waals surface area contributed by atoms with Crippen molar-refractivity contribution in [2.45, 2.75) is 51.2 Å². The highest BCUT2D eigenvalue weighted by atomic mass is 127. The van der Waals surface area contributed by atoms with Crippen LogP contribution in [-0.2, 0) is 0 Å². The maximum atomic E-state index is 13.6. The summed E-state index contributed by atoms with van der Waals surface area (Å²) in [5.74, 6) is 0.684. The maximum absolute atomic E-state index is 13.6. The van der Waals surface area contributed by atoms with E-state index in [2.05, 4.69) is 27.4 Å². The molecule has 1 aromatic carbocycles. The summed E-state index contributed by atoms with van der Waals surface area (Å²) < 4.78 is 13.6. The maximum Gasteiger partial charge on any atom is 0.191 e. The molecule has 30 heavy (non-hydrogen) atoms. The number of piperidine rings is 2. The highest BCUT2D eigenvalue weighted by Crippen LogP contribution is 2.20. The molecule has 3 N–H and O–H groups in total. The quantitative estimate of drug-likeness (QED) is 0.218. The first kappa shape index (κ1) is 25.1. The van der Waals surface area contributed by atoms with E-state index >= 15 is 0 Å². The zero-order valence-electron chi connectivity index (χ0n) is 18.0. The number of aliphatic hydroxyl groups excluding tert-OH is 1. The number of anilines is 1. The number of hydrogen-bond acceptors (Lipinski definition) is 4. The van der Waals surface area contributed by atoms with Crippen LogP contribution in [0.1, 0.15) is 39.0 Å². The monoisotopic (exact) mass is 533 g/mol. The molecule has 1 atom stereocenters. The van der Waals surface area contributed by atoms with Gasteiger partial charge in [-0.05, 0) is 63.8 Å². The van der Waals surface area contributed by atoms with E-state index in [1.807, 2.05) is 6.07 Å². The van der Waals surface area contributed by atoms with Gasteiger partial charge in [0.25, 0.3) is 0 Å². The zero-order chi connectivity index (χ0) is 20.5. The Balaban J connectivity index is 0.00000320. The normalized spacial score (nSPS) is 21.2. The van der Waals surface area contributed by atoms with Crippen molar-refractivity contribution in [3.63, 3.8) is 0 Å². The third-order valence-electron chi connectivity index (χ3n) is 5.74. The van der Waals surface area contributed by atoms with Crippen LogP contribution in [-0.4, -0.2) is 73.9 Å². The number of rotatable bonds is 7.